The quantitative estimate of drug-likeness (QED) is 0.814. The molecular weight excluding hydrogens is 293 g/mol. The first-order valence-corrected chi connectivity index (χ1v) is 8.08. The van der Waals surface area contributed by atoms with E-state index in [1.807, 2.05) is 12.1 Å². The molecule has 0 aromatic heterocycles. The first kappa shape index (κ1) is 15.7. The number of rotatable bonds is 6. The molecule has 1 N–H and O–H groups in total. The Morgan fingerprint density at radius 2 is 1.96 bits per heavy atom. The van der Waals surface area contributed by atoms with Gasteiger partial charge in [0.15, 0.2) is 0 Å². The van der Waals surface area contributed by atoms with Gasteiger partial charge in [-0.15, -0.1) is 0 Å². The fraction of sp³-hybridized carbons (Fsp3) is 0.368. The second-order valence-corrected chi connectivity index (χ2v) is 6.12. The van der Waals surface area contributed by atoms with E-state index in [4.69, 9.17) is 0 Å². The van der Waals surface area contributed by atoms with E-state index in [9.17, 15) is 14.0 Å². The average molecular weight is 313 g/mol. The van der Waals surface area contributed by atoms with E-state index in [1.54, 1.807) is 6.08 Å². The molecule has 0 heterocycles. The van der Waals surface area contributed by atoms with Gasteiger partial charge in [-0.3, -0.25) is 4.79 Å². The molecule has 2 aliphatic carbocycles. The lowest BCUT2D eigenvalue weighted by Crippen LogP contribution is -2.23. The molecule has 0 saturated heterocycles. The highest BCUT2D eigenvalue weighted by molar-refractivity contribution is 5.79. The van der Waals surface area contributed by atoms with Crippen molar-refractivity contribution in [3.63, 3.8) is 0 Å². The van der Waals surface area contributed by atoms with Gasteiger partial charge < -0.3 is 10.1 Å². The molecule has 3 rings (SSSR count). The second kappa shape index (κ2) is 6.90. The van der Waals surface area contributed by atoms with E-state index < -0.39 is 0 Å². The second-order valence-electron chi connectivity index (χ2n) is 6.12. The molecule has 1 aromatic rings. The van der Waals surface area contributed by atoms with E-state index >= 15 is 0 Å². The third kappa shape index (κ3) is 3.41. The van der Waals surface area contributed by atoms with Crippen molar-refractivity contribution in [3.05, 3.63) is 58.1 Å². The van der Waals surface area contributed by atoms with Crippen molar-refractivity contribution >= 4 is 12.6 Å². The highest BCUT2D eigenvalue weighted by atomic mass is 19.1. The third-order valence-corrected chi connectivity index (χ3v) is 4.56. The zero-order valence-electron chi connectivity index (χ0n) is 13.0. The minimum atomic E-state index is -0.296. The molecule has 120 valence electrons. The summed E-state index contributed by atoms with van der Waals surface area (Å²) in [4.78, 5) is 22.6. The van der Waals surface area contributed by atoms with Crippen LogP contribution in [0.15, 0.2) is 35.8 Å². The Morgan fingerprint density at radius 1 is 1.17 bits per heavy atom. The summed E-state index contributed by atoms with van der Waals surface area (Å²) in [6.45, 7) is 0. The summed E-state index contributed by atoms with van der Waals surface area (Å²) < 4.78 is 13.4. The molecular formula is C19H20FNO2. The highest BCUT2D eigenvalue weighted by Gasteiger charge is 2.21. The monoisotopic (exact) mass is 313 g/mol. The lowest BCUT2D eigenvalue weighted by Gasteiger charge is -2.23. The Morgan fingerprint density at radius 3 is 2.65 bits per heavy atom. The predicted molar refractivity (Wildman–Crippen MR) is 86.9 cm³/mol. The van der Waals surface area contributed by atoms with Gasteiger partial charge in [0, 0.05) is 17.7 Å². The minimum Gasteiger partial charge on any atom is -0.381 e. The maximum absolute atomic E-state index is 13.4. The normalized spacial score (nSPS) is 17.8. The summed E-state index contributed by atoms with van der Waals surface area (Å²) in [6.07, 6.45) is 9.43. The summed E-state index contributed by atoms with van der Waals surface area (Å²) in [5.74, 6) is -0.256. The highest BCUT2D eigenvalue weighted by Crippen LogP contribution is 2.30. The van der Waals surface area contributed by atoms with Crippen LogP contribution in [0.1, 0.15) is 58.8 Å². The van der Waals surface area contributed by atoms with Crippen molar-refractivity contribution in [3.8, 4) is 0 Å². The number of halogens is 1. The number of carbonyl (C=O) groups is 2. The lowest BCUT2D eigenvalue weighted by molar-refractivity contribution is -0.108. The molecule has 1 atom stereocenters. The first-order chi connectivity index (χ1) is 11.2. The van der Waals surface area contributed by atoms with Crippen LogP contribution in [0.5, 0.6) is 0 Å². The van der Waals surface area contributed by atoms with E-state index in [-0.39, 0.29) is 18.3 Å². The smallest absolute Gasteiger partial charge is 0.150 e. The third-order valence-electron chi connectivity index (χ3n) is 4.56. The van der Waals surface area contributed by atoms with E-state index in [2.05, 4.69) is 5.32 Å². The molecule has 1 unspecified atom stereocenters. The molecule has 4 heteroatoms. The number of allylic oxidation sites excluding steroid dienone is 4. The van der Waals surface area contributed by atoms with Crippen LogP contribution < -0.4 is 5.32 Å². The van der Waals surface area contributed by atoms with Gasteiger partial charge in [0.2, 0.25) is 0 Å². The Kier molecular flexibility index (Phi) is 4.70. The molecule has 23 heavy (non-hydrogen) atoms. The summed E-state index contributed by atoms with van der Waals surface area (Å²) in [7, 11) is 0. The Labute approximate surface area is 135 Å². The van der Waals surface area contributed by atoms with Gasteiger partial charge in [0.05, 0.1) is 6.04 Å². The van der Waals surface area contributed by atoms with Crippen LogP contribution in [0, 0.1) is 0 Å². The number of carbonyl (C=O) groups excluding carboxylic acids is 2. The molecule has 0 saturated carbocycles. The van der Waals surface area contributed by atoms with Crippen molar-refractivity contribution in [2.45, 2.75) is 44.6 Å². The Hall–Kier alpha value is -2.23. The van der Waals surface area contributed by atoms with Crippen molar-refractivity contribution in [2.75, 3.05) is 0 Å². The van der Waals surface area contributed by atoms with Gasteiger partial charge in [-0.05, 0) is 67.0 Å². The van der Waals surface area contributed by atoms with Crippen LogP contribution in [0.3, 0.4) is 0 Å². The average Bonchev–Trinajstić information content (AvgIpc) is 3.00. The number of hydrogen-bond donors (Lipinski definition) is 1. The van der Waals surface area contributed by atoms with E-state index in [0.29, 0.717) is 18.4 Å². The molecule has 0 bridgehead atoms. The number of hydrogen-bond acceptors (Lipinski definition) is 3. The van der Waals surface area contributed by atoms with Crippen LogP contribution in [-0.4, -0.2) is 12.6 Å². The van der Waals surface area contributed by atoms with Gasteiger partial charge in [0.25, 0.3) is 0 Å². The van der Waals surface area contributed by atoms with Gasteiger partial charge in [-0.25, -0.2) is 4.39 Å². The number of nitrogens with one attached hydrogen (secondary N) is 1. The molecule has 0 spiro atoms. The first-order valence-electron chi connectivity index (χ1n) is 8.08. The van der Waals surface area contributed by atoms with Crippen molar-refractivity contribution < 1.29 is 14.0 Å². The molecule has 1 aromatic carbocycles. The number of benzene rings is 1. The molecule has 0 amide bonds. The fourth-order valence-electron chi connectivity index (χ4n) is 3.43. The standard InChI is InChI=1S/C19H20FNO2/c20-16-5-2-6-17(11-16)21-19(7-8-22)18-10-14-4-1-3-13(14)9-15(18)12-23/h5,8-12,19,21H,1-4,6-7H2. The molecule has 0 radical (unpaired) electrons. The van der Waals surface area contributed by atoms with E-state index in [0.717, 1.165) is 43.1 Å². The van der Waals surface area contributed by atoms with Gasteiger partial charge >= 0.3 is 0 Å². The zero-order valence-corrected chi connectivity index (χ0v) is 13.0. The number of fused-ring (bicyclic) bond motifs is 1. The van der Waals surface area contributed by atoms with Crippen LogP contribution in [0.2, 0.25) is 0 Å². The number of aryl methyl sites for hydroxylation is 2. The molecule has 3 nitrogen and oxygen atoms in total. The SMILES string of the molecule is O=CCC(NC1=CC(F)=CCC1)c1cc2c(cc1C=O)CCC2. The molecule has 2 aliphatic rings. The van der Waals surface area contributed by atoms with E-state index in [1.165, 1.54) is 17.2 Å². The topological polar surface area (TPSA) is 46.2 Å². The van der Waals surface area contributed by atoms with Crippen LogP contribution >= 0.6 is 0 Å². The molecule has 0 aliphatic heterocycles. The summed E-state index contributed by atoms with van der Waals surface area (Å²) in [5, 5.41) is 3.26. The summed E-state index contributed by atoms with van der Waals surface area (Å²) in [6, 6.07) is 3.69. The fourth-order valence-corrected chi connectivity index (χ4v) is 3.43. The lowest BCUT2D eigenvalue weighted by atomic mass is 9.93. The zero-order chi connectivity index (χ0) is 16.2. The van der Waals surface area contributed by atoms with Crippen LogP contribution in [0.4, 0.5) is 4.39 Å². The van der Waals surface area contributed by atoms with Crippen LogP contribution in [0.25, 0.3) is 0 Å². The molecule has 0 fully saturated rings. The Bertz CT molecular complexity index is 691. The van der Waals surface area contributed by atoms with Gasteiger partial charge in [-0.2, -0.15) is 0 Å². The number of aldehydes is 2. The van der Waals surface area contributed by atoms with Gasteiger partial charge in [0.1, 0.15) is 18.4 Å². The van der Waals surface area contributed by atoms with Crippen LogP contribution in [-0.2, 0) is 17.6 Å². The van der Waals surface area contributed by atoms with Gasteiger partial charge in [-0.1, -0.05) is 6.07 Å². The maximum atomic E-state index is 13.4. The summed E-state index contributed by atoms with van der Waals surface area (Å²) >= 11 is 0. The minimum absolute atomic E-state index is 0.252. The van der Waals surface area contributed by atoms with Crippen molar-refractivity contribution in [1.29, 1.82) is 0 Å². The van der Waals surface area contributed by atoms with Crippen molar-refractivity contribution in [2.24, 2.45) is 0 Å². The largest absolute Gasteiger partial charge is 0.381 e. The Balaban J connectivity index is 1.93. The predicted octanol–water partition coefficient (Wildman–Crippen LogP) is 3.74. The van der Waals surface area contributed by atoms with Crippen molar-refractivity contribution in [1.82, 2.24) is 5.32 Å². The summed E-state index contributed by atoms with van der Waals surface area (Å²) in [5.41, 5.74) is 4.72. The maximum Gasteiger partial charge on any atom is 0.150 e.